The first kappa shape index (κ1) is 63.5. The van der Waals surface area contributed by atoms with E-state index in [2.05, 4.69) is 396 Å². The smallest absolute Gasteiger partial charge is 0.235 e. The molecule has 25 aromatic rings. The largest absolute Gasteiger partial charge is 0.308 e. The number of rotatable bonds is 6. The number of hydrogen-bond acceptors (Lipinski definition) is 4. The molecule has 0 bridgehead atoms. The molecule has 2 aliphatic rings. The molecule has 8 heterocycles. The van der Waals surface area contributed by atoms with Gasteiger partial charge in [0, 0.05) is 81.2 Å². The highest BCUT2D eigenvalue weighted by Gasteiger charge is 2.46. The summed E-state index contributed by atoms with van der Waals surface area (Å²) in [5, 5.41) is 19.5. The van der Waals surface area contributed by atoms with Crippen molar-refractivity contribution in [1.29, 1.82) is 0 Å². The van der Waals surface area contributed by atoms with E-state index in [0.717, 1.165) is 66.4 Å². The molecule has 27 rings (SSSR count). The molecule has 0 fully saturated rings. The summed E-state index contributed by atoms with van der Waals surface area (Å²) >= 11 is 0. The second-order valence-corrected chi connectivity index (χ2v) is 32.2. The van der Waals surface area contributed by atoms with Gasteiger partial charge in [0.05, 0.1) is 83.0 Å². The van der Waals surface area contributed by atoms with Gasteiger partial charge in [-0.05, 0) is 162 Å². The first-order chi connectivity index (χ1) is 57.3. The van der Waals surface area contributed by atoms with Gasteiger partial charge in [0.1, 0.15) is 0 Å². The van der Waals surface area contributed by atoms with Crippen LogP contribution in [0.5, 0.6) is 0 Å². The van der Waals surface area contributed by atoms with Crippen molar-refractivity contribution in [2.45, 2.75) is 24.7 Å². The van der Waals surface area contributed by atoms with Crippen molar-refractivity contribution < 1.29 is 0 Å². The van der Waals surface area contributed by atoms with E-state index in [-0.39, 0.29) is 5.41 Å². The highest BCUT2D eigenvalue weighted by molar-refractivity contribution is 6.33. The Balaban J connectivity index is 0.000000128. The van der Waals surface area contributed by atoms with Gasteiger partial charge in [0.2, 0.25) is 11.9 Å². The first-order valence-electron chi connectivity index (χ1n) is 40.1. The fraction of sp³-hybridized carbons (Fsp3) is 0.0370. The molecule has 0 radical (unpaired) electrons. The highest BCUT2D eigenvalue weighted by atomic mass is 15.2. The quantitative estimate of drug-likeness (QED) is 0.166. The molecule has 8 nitrogen and oxygen atoms in total. The minimum Gasteiger partial charge on any atom is -0.308 e. The van der Waals surface area contributed by atoms with Gasteiger partial charge in [0.25, 0.3) is 0 Å². The third-order valence-corrected chi connectivity index (χ3v) is 26.2. The Morgan fingerprint density at radius 1 is 0.233 bits per heavy atom. The molecule has 2 aliphatic carbocycles. The lowest BCUT2D eigenvalue weighted by Crippen LogP contribution is -2.28. The van der Waals surface area contributed by atoms with Crippen LogP contribution in [0.4, 0.5) is 0 Å². The van der Waals surface area contributed by atoms with E-state index >= 15 is 0 Å². The van der Waals surface area contributed by atoms with E-state index < -0.39 is 5.41 Å². The van der Waals surface area contributed by atoms with Gasteiger partial charge in [-0.25, -0.2) is 19.9 Å². The van der Waals surface area contributed by atoms with Crippen LogP contribution in [0.2, 0.25) is 0 Å². The molecule has 0 saturated heterocycles. The molecule has 0 N–H and O–H groups in total. The molecule has 0 unspecified atom stereocenters. The molecule has 0 aliphatic heterocycles. The summed E-state index contributed by atoms with van der Waals surface area (Å²) in [6.45, 7) is 4.72. The zero-order valence-electron chi connectivity index (χ0n) is 63.2. The average molecular weight is 1480 g/mol. The normalized spacial score (nSPS) is 13.6. The number of benzene rings is 17. The molecule has 0 atom stereocenters. The Bertz CT molecular complexity index is 8530. The van der Waals surface area contributed by atoms with Gasteiger partial charge in [-0.15, -0.1) is 0 Å². The highest BCUT2D eigenvalue weighted by Crippen LogP contribution is 2.58. The SMILES string of the molecule is CC1(C)c2cc(-c3nc(-n4c5cccc6c7cccc8c9ccccc9n(c9cccc4c9c65)c78)nc4ccccc34)ccc2-c2cc3ccccc3cc21.c1ccc(C2(c3ccccc3)c3ccccc3-c3ccc(-c4nc(-n5c6cccc7c8cccc9c%10ccccc%10n(c%10cccc5c%10c76)c89)nc5ccccc45)cc32)cc1. The minimum absolute atomic E-state index is 0.159. The minimum atomic E-state index is -0.520. The molecule has 538 valence electrons. The van der Waals surface area contributed by atoms with Gasteiger partial charge < -0.3 is 8.80 Å². The van der Waals surface area contributed by atoms with Gasteiger partial charge in [-0.2, -0.15) is 0 Å². The van der Waals surface area contributed by atoms with Crippen LogP contribution in [0.3, 0.4) is 0 Å². The predicted octanol–water partition coefficient (Wildman–Crippen LogP) is 26.9. The van der Waals surface area contributed by atoms with Crippen molar-refractivity contribution >= 4 is 152 Å². The van der Waals surface area contributed by atoms with Crippen molar-refractivity contribution in [1.82, 2.24) is 37.9 Å². The molecule has 0 saturated carbocycles. The van der Waals surface area contributed by atoms with E-state index in [1.165, 1.54) is 164 Å². The van der Waals surface area contributed by atoms with Gasteiger partial charge in [-0.1, -0.05) is 293 Å². The van der Waals surface area contributed by atoms with Crippen molar-refractivity contribution in [2.24, 2.45) is 0 Å². The molecular weight excluding hydrogens is 1410 g/mol. The zero-order chi connectivity index (χ0) is 76.0. The van der Waals surface area contributed by atoms with Gasteiger partial charge in [0.15, 0.2) is 0 Å². The summed E-state index contributed by atoms with van der Waals surface area (Å²) in [6.07, 6.45) is 0. The number of hydrogen-bond donors (Lipinski definition) is 0. The van der Waals surface area contributed by atoms with Crippen LogP contribution in [0, 0.1) is 0 Å². The summed E-state index contributed by atoms with van der Waals surface area (Å²) in [5.41, 5.74) is 29.7. The molecule has 116 heavy (non-hydrogen) atoms. The Hall–Kier alpha value is -15.1. The average Bonchev–Trinajstić information content (AvgIpc) is 1.37. The van der Waals surface area contributed by atoms with Crippen molar-refractivity contribution in [3.05, 3.63) is 397 Å². The van der Waals surface area contributed by atoms with Crippen molar-refractivity contribution in [3.63, 3.8) is 0 Å². The zero-order valence-corrected chi connectivity index (χ0v) is 63.2. The van der Waals surface area contributed by atoms with Crippen LogP contribution in [-0.2, 0) is 10.8 Å². The summed E-state index contributed by atoms with van der Waals surface area (Å²) in [6, 6.07) is 133. The van der Waals surface area contributed by atoms with Crippen LogP contribution in [0.1, 0.15) is 47.2 Å². The van der Waals surface area contributed by atoms with Crippen LogP contribution < -0.4 is 0 Å². The van der Waals surface area contributed by atoms with E-state index in [1.54, 1.807) is 0 Å². The first-order valence-corrected chi connectivity index (χ1v) is 40.1. The van der Waals surface area contributed by atoms with Crippen LogP contribution in [-0.4, -0.2) is 37.9 Å². The maximum Gasteiger partial charge on any atom is 0.235 e. The van der Waals surface area contributed by atoms with E-state index in [9.17, 15) is 0 Å². The van der Waals surface area contributed by atoms with Gasteiger partial charge >= 0.3 is 0 Å². The van der Waals surface area contributed by atoms with E-state index in [4.69, 9.17) is 19.9 Å². The van der Waals surface area contributed by atoms with E-state index in [1.807, 2.05) is 0 Å². The maximum atomic E-state index is 5.65. The Labute approximate surface area is 664 Å². The topological polar surface area (TPSA) is 70.2 Å². The molecular formula is C108H66N8. The molecule has 8 aromatic heterocycles. The lowest BCUT2D eigenvalue weighted by molar-refractivity contribution is 0.661. The van der Waals surface area contributed by atoms with Crippen LogP contribution in [0.15, 0.2) is 364 Å². The summed E-state index contributed by atoms with van der Waals surface area (Å²) in [4.78, 5) is 21.9. The predicted molar refractivity (Wildman–Crippen MR) is 480 cm³/mol. The summed E-state index contributed by atoms with van der Waals surface area (Å²) in [5.74, 6) is 1.33. The number of nitrogens with zero attached hydrogens (tertiary/aromatic N) is 8. The Kier molecular flexibility index (Phi) is 12.7. The molecule has 0 spiro atoms. The van der Waals surface area contributed by atoms with Crippen molar-refractivity contribution in [2.75, 3.05) is 0 Å². The van der Waals surface area contributed by atoms with Crippen LogP contribution >= 0.6 is 0 Å². The lowest BCUT2D eigenvalue weighted by Gasteiger charge is -2.34. The standard InChI is InChI=1S/C57H34N4.C51H32N4/c1-3-16-36(17-4-1)57(37-18-5-2-6-19-37)45-26-10-7-20-38(45)39-33-32-35(34-46(39)57)54-44-22-8-11-27-47(44)58-56(59-54)61-49-29-14-23-41-43-25-13-24-42-40-21-9-12-28-48(40)60(55(42)43)50-30-15-31-51(61)53(50)52(41)49;1-51(2)39-28-31(24-25-32(39)38-26-29-12-3-4-13-30(29)27-40(38)51)48-37-15-5-7-19-41(37)52-50(53-48)55-43-21-10-16-34-36-18-9-17-35-33-14-6-8-20-42(33)54(49(35)36)44-22-11-23-45(55)47(44)46(34)43/h1-34H;3-28H,1-2H3. The fourth-order valence-corrected chi connectivity index (χ4v) is 21.3. The lowest BCUT2D eigenvalue weighted by atomic mass is 9.67. The monoisotopic (exact) mass is 1470 g/mol. The van der Waals surface area contributed by atoms with E-state index in [0.29, 0.717) is 11.9 Å². The molecule has 17 aromatic carbocycles. The van der Waals surface area contributed by atoms with Gasteiger partial charge in [-0.3, -0.25) is 9.13 Å². The Morgan fingerprint density at radius 3 is 1.13 bits per heavy atom. The third-order valence-electron chi connectivity index (χ3n) is 26.2. The molecule has 8 heteroatoms. The second-order valence-electron chi connectivity index (χ2n) is 32.2. The number of fused-ring (bicyclic) bond motifs is 19. The Morgan fingerprint density at radius 2 is 0.595 bits per heavy atom. The fourth-order valence-electron chi connectivity index (χ4n) is 21.3. The van der Waals surface area contributed by atoms with Crippen molar-refractivity contribution in [3.8, 4) is 56.7 Å². The molecule has 0 amide bonds. The number of aromatic nitrogens is 8. The second kappa shape index (κ2) is 23.3. The summed E-state index contributed by atoms with van der Waals surface area (Å²) in [7, 11) is 0. The third kappa shape index (κ3) is 8.35. The number of para-hydroxylation sites is 6. The van der Waals surface area contributed by atoms with Crippen LogP contribution in [0.25, 0.3) is 209 Å². The summed E-state index contributed by atoms with van der Waals surface area (Å²) < 4.78 is 9.55. The maximum absolute atomic E-state index is 5.65.